The first-order chi connectivity index (χ1) is 9.65. The molecular weight excluding hydrogens is 248 g/mol. The highest BCUT2D eigenvalue weighted by Crippen LogP contribution is 2.08. The molecule has 0 saturated carbocycles. The molecule has 3 nitrogen and oxygen atoms in total. The molecule has 0 spiro atoms. The summed E-state index contributed by atoms with van der Waals surface area (Å²) in [5, 5.41) is 8.75. The van der Waals surface area contributed by atoms with Gasteiger partial charge in [0.2, 0.25) is 0 Å². The van der Waals surface area contributed by atoms with Crippen molar-refractivity contribution in [2.24, 2.45) is 0 Å². The minimum atomic E-state index is -0.0883. The van der Waals surface area contributed by atoms with Gasteiger partial charge < -0.3 is 10.0 Å². The van der Waals surface area contributed by atoms with Crippen LogP contribution in [0, 0.1) is 11.8 Å². The predicted molar refractivity (Wildman–Crippen MR) is 84.5 cm³/mol. The third kappa shape index (κ3) is 6.72. The van der Waals surface area contributed by atoms with Gasteiger partial charge in [-0.25, -0.2) is 0 Å². The van der Waals surface area contributed by atoms with Gasteiger partial charge in [-0.05, 0) is 44.8 Å². The van der Waals surface area contributed by atoms with Crippen LogP contribution in [0.1, 0.15) is 24.5 Å². The largest absolute Gasteiger partial charge is 0.384 e. The Hall–Kier alpha value is -1.34. The highest BCUT2D eigenvalue weighted by Gasteiger charge is 2.05. The lowest BCUT2D eigenvalue weighted by molar-refractivity contribution is 0.234. The van der Waals surface area contributed by atoms with Gasteiger partial charge in [0.25, 0.3) is 0 Å². The van der Waals surface area contributed by atoms with Crippen LogP contribution in [0.5, 0.6) is 0 Å². The van der Waals surface area contributed by atoms with E-state index in [1.54, 1.807) is 0 Å². The van der Waals surface area contributed by atoms with Crippen LogP contribution in [0.15, 0.2) is 24.3 Å². The molecule has 0 fully saturated rings. The predicted octanol–water partition coefficient (Wildman–Crippen LogP) is 1.80. The maximum absolute atomic E-state index is 8.75. The first kappa shape index (κ1) is 16.7. The van der Waals surface area contributed by atoms with Crippen molar-refractivity contribution in [1.29, 1.82) is 0 Å². The van der Waals surface area contributed by atoms with Gasteiger partial charge in [0.15, 0.2) is 0 Å². The molecule has 1 rings (SSSR count). The van der Waals surface area contributed by atoms with Gasteiger partial charge in [-0.1, -0.05) is 30.9 Å². The molecular formula is C17H26N2O. The van der Waals surface area contributed by atoms with Gasteiger partial charge in [-0.3, -0.25) is 4.90 Å². The molecule has 1 aromatic rings. The second-order valence-electron chi connectivity index (χ2n) is 5.24. The zero-order valence-electron chi connectivity index (χ0n) is 12.9. The number of hydrogen-bond acceptors (Lipinski definition) is 3. The summed E-state index contributed by atoms with van der Waals surface area (Å²) < 4.78 is 0. The third-order valence-corrected chi connectivity index (χ3v) is 3.05. The maximum atomic E-state index is 8.75. The molecule has 20 heavy (non-hydrogen) atoms. The van der Waals surface area contributed by atoms with E-state index < -0.39 is 0 Å². The Bertz CT molecular complexity index is 446. The molecule has 1 N–H and O–H groups in total. The topological polar surface area (TPSA) is 26.7 Å². The molecule has 3 heteroatoms. The Morgan fingerprint density at radius 2 is 1.95 bits per heavy atom. The number of benzene rings is 1. The van der Waals surface area contributed by atoms with Crippen LogP contribution >= 0.6 is 0 Å². The van der Waals surface area contributed by atoms with E-state index in [0.29, 0.717) is 0 Å². The molecule has 0 aliphatic rings. The van der Waals surface area contributed by atoms with Gasteiger partial charge in [0.05, 0.1) is 0 Å². The summed E-state index contributed by atoms with van der Waals surface area (Å²) in [6.07, 6.45) is 1.16. The van der Waals surface area contributed by atoms with Gasteiger partial charge in [-0.2, -0.15) is 0 Å². The van der Waals surface area contributed by atoms with E-state index in [1.807, 2.05) is 12.1 Å². The van der Waals surface area contributed by atoms with Crippen LogP contribution < -0.4 is 0 Å². The van der Waals surface area contributed by atoms with Crippen molar-refractivity contribution in [3.05, 3.63) is 35.4 Å². The fourth-order valence-corrected chi connectivity index (χ4v) is 2.07. The van der Waals surface area contributed by atoms with Crippen molar-refractivity contribution >= 4 is 0 Å². The SMILES string of the molecule is CCCN(CCN(C)C)Cc1cccc(C#CCO)c1. The van der Waals surface area contributed by atoms with E-state index in [4.69, 9.17) is 5.11 Å². The van der Waals surface area contributed by atoms with Crippen molar-refractivity contribution in [2.45, 2.75) is 19.9 Å². The minimum Gasteiger partial charge on any atom is -0.384 e. The second-order valence-corrected chi connectivity index (χ2v) is 5.24. The Labute approximate surface area is 123 Å². The normalized spacial score (nSPS) is 10.7. The van der Waals surface area contributed by atoms with E-state index in [0.717, 1.165) is 38.2 Å². The highest BCUT2D eigenvalue weighted by atomic mass is 16.2. The average Bonchev–Trinajstić information content (AvgIpc) is 2.43. The van der Waals surface area contributed by atoms with E-state index in [-0.39, 0.29) is 6.61 Å². The molecule has 0 aliphatic carbocycles. The molecule has 0 aliphatic heterocycles. The van der Waals surface area contributed by atoms with Gasteiger partial charge in [0.1, 0.15) is 6.61 Å². The Morgan fingerprint density at radius 1 is 1.15 bits per heavy atom. The number of nitrogens with zero attached hydrogens (tertiary/aromatic N) is 2. The molecule has 0 bridgehead atoms. The Balaban J connectivity index is 2.67. The summed E-state index contributed by atoms with van der Waals surface area (Å²) in [7, 11) is 4.21. The Morgan fingerprint density at radius 3 is 2.60 bits per heavy atom. The summed E-state index contributed by atoms with van der Waals surface area (Å²) in [6, 6.07) is 8.27. The maximum Gasteiger partial charge on any atom is 0.104 e. The van der Waals surface area contributed by atoms with Crippen molar-refractivity contribution in [2.75, 3.05) is 40.3 Å². The lowest BCUT2D eigenvalue weighted by Crippen LogP contribution is -2.32. The van der Waals surface area contributed by atoms with Crippen molar-refractivity contribution in [1.82, 2.24) is 9.80 Å². The summed E-state index contributed by atoms with van der Waals surface area (Å²) >= 11 is 0. The van der Waals surface area contributed by atoms with Gasteiger partial charge in [0, 0.05) is 25.2 Å². The fraction of sp³-hybridized carbons (Fsp3) is 0.529. The molecule has 0 aromatic heterocycles. The van der Waals surface area contributed by atoms with E-state index in [1.165, 1.54) is 5.56 Å². The van der Waals surface area contributed by atoms with Gasteiger partial charge >= 0.3 is 0 Å². The zero-order valence-corrected chi connectivity index (χ0v) is 12.9. The molecule has 0 heterocycles. The second kappa shape index (κ2) is 9.55. The summed E-state index contributed by atoms with van der Waals surface area (Å²) in [5.41, 5.74) is 2.25. The molecule has 0 saturated heterocycles. The van der Waals surface area contributed by atoms with Crippen LogP contribution in [-0.2, 0) is 6.54 Å². The summed E-state index contributed by atoms with van der Waals surface area (Å²) in [6.45, 7) is 6.34. The van der Waals surface area contributed by atoms with E-state index in [9.17, 15) is 0 Å². The van der Waals surface area contributed by atoms with Crippen molar-refractivity contribution < 1.29 is 5.11 Å². The standard InChI is InChI=1S/C17H26N2O/c1-4-10-19(12-11-18(2)3)15-17-8-5-7-16(14-17)9-6-13-20/h5,7-8,14,20H,4,10-13,15H2,1-3H3. The first-order valence-electron chi connectivity index (χ1n) is 7.21. The van der Waals surface area contributed by atoms with Crippen LogP contribution in [0.3, 0.4) is 0 Å². The molecule has 0 unspecified atom stereocenters. The zero-order chi connectivity index (χ0) is 14.8. The number of aliphatic hydroxyl groups excluding tert-OH is 1. The lowest BCUT2D eigenvalue weighted by Gasteiger charge is -2.23. The number of hydrogen-bond donors (Lipinski definition) is 1. The fourth-order valence-electron chi connectivity index (χ4n) is 2.07. The molecule has 110 valence electrons. The van der Waals surface area contributed by atoms with Gasteiger partial charge in [-0.15, -0.1) is 0 Å². The highest BCUT2D eigenvalue weighted by molar-refractivity contribution is 5.37. The average molecular weight is 274 g/mol. The molecule has 0 atom stereocenters. The van der Waals surface area contributed by atoms with Crippen LogP contribution in [0.4, 0.5) is 0 Å². The van der Waals surface area contributed by atoms with E-state index in [2.05, 4.69) is 54.8 Å². The first-order valence-corrected chi connectivity index (χ1v) is 7.21. The smallest absolute Gasteiger partial charge is 0.104 e. The monoisotopic (exact) mass is 274 g/mol. The summed E-state index contributed by atoms with van der Waals surface area (Å²) in [5.74, 6) is 5.66. The Kier molecular flexibility index (Phi) is 7.98. The number of likely N-dealkylation sites (N-methyl/N-ethyl adjacent to an activating group) is 1. The molecule has 1 aromatic carbocycles. The molecule has 0 radical (unpaired) electrons. The van der Waals surface area contributed by atoms with Crippen LogP contribution in [0.2, 0.25) is 0 Å². The van der Waals surface area contributed by atoms with Crippen molar-refractivity contribution in [3.8, 4) is 11.8 Å². The number of aliphatic hydroxyl groups is 1. The quantitative estimate of drug-likeness (QED) is 0.768. The van der Waals surface area contributed by atoms with Crippen molar-refractivity contribution in [3.63, 3.8) is 0 Å². The summed E-state index contributed by atoms with van der Waals surface area (Å²) in [4.78, 5) is 4.68. The minimum absolute atomic E-state index is 0.0883. The van der Waals surface area contributed by atoms with Crippen LogP contribution in [0.25, 0.3) is 0 Å². The third-order valence-electron chi connectivity index (χ3n) is 3.05. The molecule has 0 amide bonds. The number of rotatable bonds is 7. The van der Waals surface area contributed by atoms with E-state index >= 15 is 0 Å². The van der Waals surface area contributed by atoms with Crippen LogP contribution in [-0.4, -0.2) is 55.2 Å². The lowest BCUT2D eigenvalue weighted by atomic mass is 10.1.